The Kier molecular flexibility index (Phi) is 4.98. The summed E-state index contributed by atoms with van der Waals surface area (Å²) in [5.74, 6) is -0.279. The lowest BCUT2D eigenvalue weighted by Crippen LogP contribution is -2.19. The number of nitrogens with zero attached hydrogens (tertiary/aromatic N) is 2. The zero-order chi connectivity index (χ0) is 15.9. The minimum Gasteiger partial charge on any atom is -0.273 e. The highest BCUT2D eigenvalue weighted by Crippen LogP contribution is 2.15. The van der Waals surface area contributed by atoms with E-state index in [0.29, 0.717) is 5.56 Å². The third kappa shape index (κ3) is 4.24. The zero-order valence-corrected chi connectivity index (χ0v) is 12.0. The van der Waals surface area contributed by atoms with Crippen LogP contribution in [0.5, 0.6) is 0 Å². The molecule has 0 saturated carbocycles. The maximum Gasteiger partial charge on any atom is 0.278 e. The van der Waals surface area contributed by atoms with Crippen LogP contribution in [0.25, 0.3) is 0 Å². The molecule has 0 radical (unpaired) electrons. The van der Waals surface area contributed by atoms with E-state index in [4.69, 9.17) is 0 Å². The van der Waals surface area contributed by atoms with Gasteiger partial charge in [0.05, 0.1) is 23.1 Å². The van der Waals surface area contributed by atoms with Crippen LogP contribution in [-0.4, -0.2) is 17.0 Å². The second kappa shape index (κ2) is 7.12. The Morgan fingerprint density at radius 3 is 2.59 bits per heavy atom. The Morgan fingerprint density at radius 1 is 1.23 bits per heavy atom. The Balaban J connectivity index is 1.96. The van der Waals surface area contributed by atoms with Gasteiger partial charge in [0.2, 0.25) is 5.91 Å². The minimum absolute atomic E-state index is 0.0565. The van der Waals surface area contributed by atoms with E-state index in [9.17, 15) is 14.9 Å². The van der Waals surface area contributed by atoms with Gasteiger partial charge in [-0.1, -0.05) is 42.0 Å². The molecular weight excluding hydrogens is 282 g/mol. The standard InChI is InChI=1S/C16H15N3O3/c1-12-6-8-13(9-7-12)10-16(20)18-17-11-14-4-2-3-5-15(14)19(21)22/h2-9,11H,10H2,1H3,(H,18,20)/b17-11+. The number of nitro groups is 1. The molecule has 6 nitrogen and oxygen atoms in total. The number of carbonyl (C=O) groups excluding carboxylic acids is 1. The first-order valence-electron chi connectivity index (χ1n) is 6.67. The third-order valence-corrected chi connectivity index (χ3v) is 3.01. The summed E-state index contributed by atoms with van der Waals surface area (Å²) in [5, 5.41) is 14.6. The topological polar surface area (TPSA) is 84.6 Å². The molecule has 6 heteroatoms. The Morgan fingerprint density at radius 2 is 1.91 bits per heavy atom. The van der Waals surface area contributed by atoms with Gasteiger partial charge in [-0.2, -0.15) is 5.10 Å². The molecule has 0 heterocycles. The van der Waals surface area contributed by atoms with Crippen LogP contribution in [0.3, 0.4) is 0 Å². The van der Waals surface area contributed by atoms with E-state index in [1.165, 1.54) is 12.3 Å². The Bertz CT molecular complexity index is 709. The second-order valence-electron chi connectivity index (χ2n) is 4.77. The zero-order valence-electron chi connectivity index (χ0n) is 12.0. The largest absolute Gasteiger partial charge is 0.278 e. The van der Waals surface area contributed by atoms with E-state index in [1.54, 1.807) is 18.2 Å². The molecule has 2 aromatic rings. The van der Waals surface area contributed by atoms with Crippen LogP contribution in [0.15, 0.2) is 53.6 Å². The van der Waals surface area contributed by atoms with Gasteiger partial charge >= 0.3 is 0 Å². The van der Waals surface area contributed by atoms with Gasteiger partial charge in [0, 0.05) is 6.07 Å². The summed E-state index contributed by atoms with van der Waals surface area (Å²) in [5.41, 5.74) is 4.65. The smallest absolute Gasteiger partial charge is 0.273 e. The number of amides is 1. The van der Waals surface area contributed by atoms with Crippen LogP contribution in [0, 0.1) is 17.0 Å². The second-order valence-corrected chi connectivity index (χ2v) is 4.77. The van der Waals surface area contributed by atoms with Crippen molar-refractivity contribution in [3.8, 4) is 0 Å². The van der Waals surface area contributed by atoms with Crippen molar-refractivity contribution >= 4 is 17.8 Å². The molecule has 0 bridgehead atoms. The van der Waals surface area contributed by atoms with Crippen molar-refractivity contribution in [2.75, 3.05) is 0 Å². The van der Waals surface area contributed by atoms with E-state index < -0.39 is 4.92 Å². The van der Waals surface area contributed by atoms with E-state index in [2.05, 4.69) is 10.5 Å². The number of hydrogen-bond acceptors (Lipinski definition) is 4. The third-order valence-electron chi connectivity index (χ3n) is 3.01. The minimum atomic E-state index is -0.491. The quantitative estimate of drug-likeness (QED) is 0.523. The number of benzene rings is 2. The van der Waals surface area contributed by atoms with E-state index in [1.807, 2.05) is 31.2 Å². The number of carbonyl (C=O) groups is 1. The highest BCUT2D eigenvalue weighted by molar-refractivity contribution is 5.86. The number of para-hydroxylation sites is 1. The Hall–Kier alpha value is -3.02. The van der Waals surface area contributed by atoms with Crippen molar-refractivity contribution in [1.29, 1.82) is 0 Å². The highest BCUT2D eigenvalue weighted by Gasteiger charge is 2.10. The van der Waals surface area contributed by atoms with Crippen molar-refractivity contribution in [3.63, 3.8) is 0 Å². The van der Waals surface area contributed by atoms with Gasteiger partial charge in [-0.3, -0.25) is 14.9 Å². The molecule has 1 amide bonds. The maximum absolute atomic E-state index is 11.7. The molecule has 22 heavy (non-hydrogen) atoms. The maximum atomic E-state index is 11.7. The monoisotopic (exact) mass is 297 g/mol. The van der Waals surface area contributed by atoms with Crippen LogP contribution in [-0.2, 0) is 11.2 Å². The van der Waals surface area contributed by atoms with Gasteiger partial charge < -0.3 is 0 Å². The summed E-state index contributed by atoms with van der Waals surface area (Å²) in [4.78, 5) is 22.1. The van der Waals surface area contributed by atoms with E-state index in [-0.39, 0.29) is 18.0 Å². The van der Waals surface area contributed by atoms with Gasteiger partial charge in [-0.25, -0.2) is 5.43 Å². The first kappa shape index (κ1) is 15.4. The molecule has 2 aromatic carbocycles. The summed E-state index contributed by atoms with van der Waals surface area (Å²) in [6.45, 7) is 1.97. The predicted octanol–water partition coefficient (Wildman–Crippen LogP) is 2.60. The average Bonchev–Trinajstić information content (AvgIpc) is 2.50. The summed E-state index contributed by atoms with van der Waals surface area (Å²) in [7, 11) is 0. The molecule has 0 unspecified atom stereocenters. The number of nitrogens with one attached hydrogen (secondary N) is 1. The molecule has 0 fully saturated rings. The van der Waals surface area contributed by atoms with Crippen LogP contribution in [0.1, 0.15) is 16.7 Å². The number of aryl methyl sites for hydroxylation is 1. The molecule has 112 valence electrons. The summed E-state index contributed by atoms with van der Waals surface area (Å²) >= 11 is 0. The van der Waals surface area contributed by atoms with Crippen LogP contribution >= 0.6 is 0 Å². The molecule has 2 rings (SSSR count). The van der Waals surface area contributed by atoms with E-state index in [0.717, 1.165) is 11.1 Å². The molecule has 0 spiro atoms. The van der Waals surface area contributed by atoms with Gasteiger partial charge in [-0.15, -0.1) is 0 Å². The van der Waals surface area contributed by atoms with Crippen LogP contribution in [0.4, 0.5) is 5.69 Å². The molecule has 0 atom stereocenters. The molecule has 0 saturated heterocycles. The molecule has 0 aliphatic rings. The molecule has 1 N–H and O–H groups in total. The summed E-state index contributed by atoms with van der Waals surface area (Å²) in [6.07, 6.45) is 1.47. The number of hydrogen-bond donors (Lipinski definition) is 1. The van der Waals surface area contributed by atoms with Gasteiger partial charge in [0.1, 0.15) is 0 Å². The first-order valence-corrected chi connectivity index (χ1v) is 6.67. The number of rotatable bonds is 5. The van der Waals surface area contributed by atoms with Crippen molar-refractivity contribution in [3.05, 3.63) is 75.3 Å². The van der Waals surface area contributed by atoms with Crippen molar-refractivity contribution in [1.82, 2.24) is 5.43 Å². The van der Waals surface area contributed by atoms with Crippen LogP contribution < -0.4 is 5.43 Å². The lowest BCUT2D eigenvalue weighted by Gasteiger charge is -2.01. The molecule has 0 aliphatic carbocycles. The molecule has 0 aliphatic heterocycles. The number of nitro benzene ring substituents is 1. The number of hydrazone groups is 1. The Labute approximate surface area is 127 Å². The predicted molar refractivity (Wildman–Crippen MR) is 83.7 cm³/mol. The average molecular weight is 297 g/mol. The fraction of sp³-hybridized carbons (Fsp3) is 0.125. The fourth-order valence-electron chi connectivity index (χ4n) is 1.87. The lowest BCUT2D eigenvalue weighted by molar-refractivity contribution is -0.385. The normalized spacial score (nSPS) is 10.6. The van der Waals surface area contributed by atoms with Crippen LogP contribution in [0.2, 0.25) is 0 Å². The molecular formula is C16H15N3O3. The molecule has 0 aromatic heterocycles. The van der Waals surface area contributed by atoms with Crippen molar-refractivity contribution in [2.45, 2.75) is 13.3 Å². The van der Waals surface area contributed by atoms with Gasteiger partial charge in [0.15, 0.2) is 0 Å². The van der Waals surface area contributed by atoms with Crippen molar-refractivity contribution < 1.29 is 9.72 Å². The van der Waals surface area contributed by atoms with Gasteiger partial charge in [0.25, 0.3) is 5.69 Å². The van der Waals surface area contributed by atoms with Crippen molar-refractivity contribution in [2.24, 2.45) is 5.10 Å². The fourth-order valence-corrected chi connectivity index (χ4v) is 1.87. The first-order chi connectivity index (χ1) is 10.6. The van der Waals surface area contributed by atoms with E-state index >= 15 is 0 Å². The highest BCUT2D eigenvalue weighted by atomic mass is 16.6. The SMILES string of the molecule is Cc1ccc(CC(=O)N/N=C/c2ccccc2[N+](=O)[O-])cc1. The lowest BCUT2D eigenvalue weighted by atomic mass is 10.1. The summed E-state index contributed by atoms with van der Waals surface area (Å²) < 4.78 is 0. The van der Waals surface area contributed by atoms with Gasteiger partial charge in [-0.05, 0) is 18.6 Å². The summed E-state index contributed by atoms with van der Waals surface area (Å²) in [6, 6.07) is 13.8.